The van der Waals surface area contributed by atoms with Crippen molar-refractivity contribution >= 4 is 22.3 Å². The van der Waals surface area contributed by atoms with Crippen molar-refractivity contribution in [3.63, 3.8) is 0 Å². The molecular formula is C24H26N4O3. The molecule has 31 heavy (non-hydrogen) atoms. The Kier molecular flexibility index (Phi) is 5.10. The molecule has 2 aromatic carbocycles. The van der Waals surface area contributed by atoms with Crippen molar-refractivity contribution in [3.05, 3.63) is 36.4 Å². The zero-order valence-corrected chi connectivity index (χ0v) is 18.1. The van der Waals surface area contributed by atoms with Gasteiger partial charge in [0.25, 0.3) is 0 Å². The molecule has 1 saturated carbocycles. The van der Waals surface area contributed by atoms with Crippen LogP contribution in [0, 0.1) is 0 Å². The second-order valence-electron chi connectivity index (χ2n) is 7.87. The maximum atomic E-state index is 5.59. The Balaban J connectivity index is 1.78. The van der Waals surface area contributed by atoms with Crippen LogP contribution < -0.4 is 14.2 Å². The first-order valence-corrected chi connectivity index (χ1v) is 10.7. The van der Waals surface area contributed by atoms with Crippen molar-refractivity contribution in [2.75, 3.05) is 21.3 Å². The Morgan fingerprint density at radius 3 is 2.06 bits per heavy atom. The molecule has 0 bridgehead atoms. The Morgan fingerprint density at radius 1 is 0.806 bits per heavy atom. The molecule has 0 spiro atoms. The molecule has 0 amide bonds. The number of fused-ring (bicyclic) bond motifs is 2. The second-order valence-corrected chi connectivity index (χ2v) is 7.87. The van der Waals surface area contributed by atoms with E-state index in [1.807, 2.05) is 36.4 Å². The third-order valence-electron chi connectivity index (χ3n) is 6.07. The maximum absolute atomic E-state index is 5.59. The van der Waals surface area contributed by atoms with Crippen molar-refractivity contribution in [2.24, 2.45) is 0 Å². The smallest absolute Gasteiger partial charge is 0.203 e. The number of nitrogens with zero attached hydrogens (tertiary/aromatic N) is 4. The molecule has 1 fully saturated rings. The minimum absolute atomic E-state index is 0.336. The zero-order valence-electron chi connectivity index (χ0n) is 18.1. The van der Waals surface area contributed by atoms with Gasteiger partial charge in [-0.2, -0.15) is 0 Å². The standard InChI is InChI=1S/C24H26N4O3/c1-29-19-13-15(14-20(30-2)21(19)31-3)23-27-22-24(28(23)16-9-5-4-6-10-16)26-18-12-8-7-11-17(18)25-22/h7-8,11-14,16H,4-6,9-10H2,1-3H3. The molecule has 7 nitrogen and oxygen atoms in total. The number of benzene rings is 2. The van der Waals surface area contributed by atoms with E-state index in [2.05, 4.69) is 4.57 Å². The van der Waals surface area contributed by atoms with Crippen LogP contribution in [-0.2, 0) is 0 Å². The first-order valence-electron chi connectivity index (χ1n) is 10.7. The largest absolute Gasteiger partial charge is 0.493 e. The van der Waals surface area contributed by atoms with Gasteiger partial charge in [-0.1, -0.05) is 31.4 Å². The molecule has 1 aliphatic rings. The third-order valence-corrected chi connectivity index (χ3v) is 6.07. The zero-order chi connectivity index (χ0) is 21.4. The summed E-state index contributed by atoms with van der Waals surface area (Å²) in [5.74, 6) is 2.60. The van der Waals surface area contributed by atoms with E-state index < -0.39 is 0 Å². The quantitative estimate of drug-likeness (QED) is 0.445. The lowest BCUT2D eigenvalue weighted by Gasteiger charge is -2.25. The van der Waals surface area contributed by atoms with Crippen LogP contribution >= 0.6 is 0 Å². The SMILES string of the molecule is COc1cc(-c2nc3nc4ccccc4nc3n2C2CCCCC2)cc(OC)c1OC. The van der Waals surface area contributed by atoms with Crippen LogP contribution in [0.15, 0.2) is 36.4 Å². The molecule has 0 aliphatic heterocycles. The molecule has 0 saturated heterocycles. The Bertz CT molecular complexity index is 1220. The molecule has 2 heterocycles. The molecule has 1 aliphatic carbocycles. The first kappa shape index (κ1) is 19.6. The van der Waals surface area contributed by atoms with Gasteiger partial charge < -0.3 is 18.8 Å². The van der Waals surface area contributed by atoms with Gasteiger partial charge in [0.2, 0.25) is 5.75 Å². The predicted octanol–water partition coefficient (Wildman–Crippen LogP) is 5.18. The summed E-state index contributed by atoms with van der Waals surface area (Å²) in [6.07, 6.45) is 5.91. The van der Waals surface area contributed by atoms with Gasteiger partial charge in [0.1, 0.15) is 5.82 Å². The number of hydrogen-bond donors (Lipinski definition) is 0. The second kappa shape index (κ2) is 8.06. The molecule has 4 aromatic rings. The van der Waals surface area contributed by atoms with Crippen molar-refractivity contribution in [2.45, 2.75) is 38.1 Å². The summed E-state index contributed by atoms with van der Waals surface area (Å²) in [5, 5.41) is 0. The number of hydrogen-bond acceptors (Lipinski definition) is 6. The van der Waals surface area contributed by atoms with Gasteiger partial charge in [-0.3, -0.25) is 0 Å². The van der Waals surface area contributed by atoms with E-state index in [9.17, 15) is 0 Å². The van der Waals surface area contributed by atoms with Crippen molar-refractivity contribution in [1.82, 2.24) is 19.5 Å². The van der Waals surface area contributed by atoms with Crippen LogP contribution in [0.25, 0.3) is 33.7 Å². The van der Waals surface area contributed by atoms with E-state index in [1.165, 1.54) is 19.3 Å². The fourth-order valence-corrected chi connectivity index (χ4v) is 4.57. The number of methoxy groups -OCH3 is 3. The Hall–Kier alpha value is -3.35. The highest BCUT2D eigenvalue weighted by Gasteiger charge is 2.26. The van der Waals surface area contributed by atoms with Gasteiger partial charge in [-0.05, 0) is 37.1 Å². The molecule has 0 N–H and O–H groups in total. The van der Waals surface area contributed by atoms with E-state index in [0.717, 1.165) is 40.9 Å². The molecule has 160 valence electrons. The summed E-state index contributed by atoms with van der Waals surface area (Å²) in [6, 6.07) is 12.2. The van der Waals surface area contributed by atoms with E-state index in [-0.39, 0.29) is 0 Å². The summed E-state index contributed by atoms with van der Waals surface area (Å²) in [7, 11) is 4.86. The lowest BCUT2D eigenvalue weighted by molar-refractivity contribution is 0.324. The molecule has 0 atom stereocenters. The van der Waals surface area contributed by atoms with Crippen LogP contribution in [0.3, 0.4) is 0 Å². The maximum Gasteiger partial charge on any atom is 0.203 e. The van der Waals surface area contributed by atoms with Crippen LogP contribution in [0.1, 0.15) is 38.1 Å². The van der Waals surface area contributed by atoms with E-state index in [4.69, 9.17) is 29.2 Å². The summed E-state index contributed by atoms with van der Waals surface area (Å²) in [4.78, 5) is 14.7. The highest BCUT2D eigenvalue weighted by atomic mass is 16.5. The molecule has 5 rings (SSSR count). The monoisotopic (exact) mass is 418 g/mol. The van der Waals surface area contributed by atoms with Gasteiger partial charge in [0.05, 0.1) is 32.4 Å². The minimum Gasteiger partial charge on any atom is -0.493 e. The number of imidazole rings is 1. The lowest BCUT2D eigenvalue weighted by Crippen LogP contribution is -2.14. The fraction of sp³-hybridized carbons (Fsp3) is 0.375. The summed E-state index contributed by atoms with van der Waals surface area (Å²) >= 11 is 0. The summed E-state index contributed by atoms with van der Waals surface area (Å²) < 4.78 is 19.0. The molecular weight excluding hydrogens is 392 g/mol. The third kappa shape index (κ3) is 3.34. The van der Waals surface area contributed by atoms with Gasteiger partial charge in [-0.15, -0.1) is 0 Å². The van der Waals surface area contributed by atoms with Gasteiger partial charge in [0.15, 0.2) is 22.8 Å². The van der Waals surface area contributed by atoms with Gasteiger partial charge in [-0.25, -0.2) is 15.0 Å². The molecule has 7 heteroatoms. The Morgan fingerprint density at radius 2 is 1.45 bits per heavy atom. The van der Waals surface area contributed by atoms with Crippen LogP contribution in [0.5, 0.6) is 17.2 Å². The summed E-state index contributed by atoms with van der Waals surface area (Å²) in [5.41, 5.74) is 4.11. The van der Waals surface area contributed by atoms with E-state index in [1.54, 1.807) is 21.3 Å². The molecule has 0 radical (unpaired) electrons. The van der Waals surface area contributed by atoms with E-state index >= 15 is 0 Å². The van der Waals surface area contributed by atoms with Gasteiger partial charge in [0, 0.05) is 11.6 Å². The first-order chi connectivity index (χ1) is 15.2. The van der Waals surface area contributed by atoms with Gasteiger partial charge >= 0.3 is 0 Å². The van der Waals surface area contributed by atoms with Crippen LogP contribution in [0.4, 0.5) is 0 Å². The predicted molar refractivity (Wildman–Crippen MR) is 120 cm³/mol. The number of para-hydroxylation sites is 2. The lowest BCUT2D eigenvalue weighted by atomic mass is 9.95. The highest BCUT2D eigenvalue weighted by molar-refractivity contribution is 5.85. The molecule has 0 unspecified atom stereocenters. The minimum atomic E-state index is 0.336. The average Bonchev–Trinajstić information content (AvgIpc) is 3.20. The van der Waals surface area contributed by atoms with Crippen molar-refractivity contribution < 1.29 is 14.2 Å². The Labute approximate surface area is 181 Å². The summed E-state index contributed by atoms with van der Waals surface area (Å²) in [6.45, 7) is 0. The number of aromatic nitrogens is 4. The number of rotatable bonds is 5. The fourth-order valence-electron chi connectivity index (χ4n) is 4.57. The normalized spacial score (nSPS) is 14.8. The van der Waals surface area contributed by atoms with Crippen LogP contribution in [0.2, 0.25) is 0 Å². The van der Waals surface area contributed by atoms with Crippen molar-refractivity contribution in [3.8, 4) is 28.6 Å². The topological polar surface area (TPSA) is 71.3 Å². The van der Waals surface area contributed by atoms with Crippen molar-refractivity contribution in [1.29, 1.82) is 0 Å². The number of ether oxygens (including phenoxy) is 3. The average molecular weight is 418 g/mol. The van der Waals surface area contributed by atoms with E-state index in [0.29, 0.717) is 28.9 Å². The molecule has 2 aromatic heterocycles. The van der Waals surface area contributed by atoms with Crippen LogP contribution in [-0.4, -0.2) is 40.8 Å². The highest BCUT2D eigenvalue weighted by Crippen LogP contribution is 2.43.